The lowest BCUT2D eigenvalue weighted by Gasteiger charge is -2.30. The first kappa shape index (κ1) is 41.1. The molecule has 1 heterocycles. The largest absolute Gasteiger partial charge is 0.456 e. The summed E-state index contributed by atoms with van der Waals surface area (Å²) in [4.78, 5) is 4.57. The molecular formula is C62H46N4O. The second-order valence-electron chi connectivity index (χ2n) is 18.0. The number of rotatable bonds is 7. The summed E-state index contributed by atoms with van der Waals surface area (Å²) in [5, 5.41) is 26.6. The molecule has 5 heteroatoms. The van der Waals surface area contributed by atoms with Gasteiger partial charge in [0, 0.05) is 39.8 Å². The Balaban J connectivity index is 1.08. The number of nitrogens with zero attached hydrogens (tertiary/aromatic N) is 4. The molecule has 320 valence electrons. The lowest BCUT2D eigenvalue weighted by atomic mass is 9.85. The summed E-state index contributed by atoms with van der Waals surface area (Å²) in [6.07, 6.45) is 0. The van der Waals surface area contributed by atoms with E-state index in [0.29, 0.717) is 11.1 Å². The van der Waals surface area contributed by atoms with Crippen molar-refractivity contribution < 1.29 is 4.74 Å². The van der Waals surface area contributed by atoms with Crippen LogP contribution in [0.25, 0.3) is 54.6 Å². The van der Waals surface area contributed by atoms with Gasteiger partial charge in [0.25, 0.3) is 0 Å². The van der Waals surface area contributed by atoms with Crippen LogP contribution in [0, 0.1) is 64.2 Å². The van der Waals surface area contributed by atoms with Crippen molar-refractivity contribution in [3.8, 4) is 45.9 Å². The van der Waals surface area contributed by atoms with E-state index < -0.39 is 0 Å². The molecule has 67 heavy (non-hydrogen) atoms. The summed E-state index contributed by atoms with van der Waals surface area (Å²) in [5.41, 5.74) is 18.5. The highest BCUT2D eigenvalue weighted by atomic mass is 16.5. The number of fused-ring (bicyclic) bond motifs is 6. The number of ether oxygens (including phenoxy) is 1. The van der Waals surface area contributed by atoms with E-state index in [1.165, 1.54) is 32.7 Å². The van der Waals surface area contributed by atoms with Crippen LogP contribution in [0.1, 0.15) is 44.5 Å². The Bertz CT molecular complexity index is 3700. The normalized spacial score (nSPS) is 11.5. The molecule has 0 fully saturated rings. The zero-order valence-electron chi connectivity index (χ0n) is 38.4. The molecule has 5 nitrogen and oxygen atoms in total. The van der Waals surface area contributed by atoms with Gasteiger partial charge in [-0.05, 0) is 204 Å². The predicted molar refractivity (Wildman–Crippen MR) is 277 cm³/mol. The first-order valence-corrected chi connectivity index (χ1v) is 22.7. The first-order valence-electron chi connectivity index (χ1n) is 22.7. The zero-order valence-corrected chi connectivity index (χ0v) is 38.4. The van der Waals surface area contributed by atoms with Crippen molar-refractivity contribution >= 4 is 66.4 Å². The van der Waals surface area contributed by atoms with Crippen molar-refractivity contribution in [2.45, 2.75) is 41.5 Å². The minimum atomic E-state index is 0.650. The number of hydrogen-bond donors (Lipinski definition) is 0. The Morgan fingerprint density at radius 3 is 1.45 bits per heavy atom. The molecule has 0 N–H and O–H groups in total. The molecule has 1 aliphatic heterocycles. The van der Waals surface area contributed by atoms with Gasteiger partial charge in [0.05, 0.1) is 34.6 Å². The van der Waals surface area contributed by atoms with Gasteiger partial charge in [0.15, 0.2) is 0 Å². The molecule has 10 aromatic rings. The maximum atomic E-state index is 9.78. The van der Waals surface area contributed by atoms with Gasteiger partial charge in [-0.2, -0.15) is 10.5 Å². The molecule has 0 unspecified atom stereocenters. The molecule has 0 amide bonds. The minimum Gasteiger partial charge on any atom is -0.456 e. The maximum absolute atomic E-state index is 9.78. The summed E-state index contributed by atoms with van der Waals surface area (Å²) in [6, 6.07) is 64.9. The van der Waals surface area contributed by atoms with Gasteiger partial charge in [-0.3, -0.25) is 0 Å². The zero-order chi connectivity index (χ0) is 46.1. The van der Waals surface area contributed by atoms with E-state index in [1.54, 1.807) is 0 Å². The van der Waals surface area contributed by atoms with Gasteiger partial charge in [0.1, 0.15) is 11.5 Å². The number of benzene rings is 10. The highest BCUT2D eigenvalue weighted by molar-refractivity contribution is 6.25. The molecule has 0 radical (unpaired) electrons. The van der Waals surface area contributed by atoms with Crippen molar-refractivity contribution in [2.75, 3.05) is 9.80 Å². The minimum absolute atomic E-state index is 0.650. The Morgan fingerprint density at radius 1 is 0.373 bits per heavy atom. The molecule has 0 saturated heterocycles. The van der Waals surface area contributed by atoms with Crippen molar-refractivity contribution in [1.82, 2.24) is 0 Å². The number of aryl methyl sites for hydroxylation is 6. The third-order valence-electron chi connectivity index (χ3n) is 13.3. The number of hydrogen-bond acceptors (Lipinski definition) is 5. The van der Waals surface area contributed by atoms with E-state index in [1.807, 2.05) is 36.4 Å². The summed E-state index contributed by atoms with van der Waals surface area (Å²) in [7, 11) is 0. The monoisotopic (exact) mass is 862 g/mol. The lowest BCUT2D eigenvalue weighted by Crippen LogP contribution is -2.13. The Hall–Kier alpha value is -8.64. The van der Waals surface area contributed by atoms with Gasteiger partial charge in [-0.25, -0.2) is 0 Å². The Morgan fingerprint density at radius 2 is 0.866 bits per heavy atom. The molecule has 10 aromatic carbocycles. The van der Waals surface area contributed by atoms with Crippen molar-refractivity contribution in [1.29, 1.82) is 10.5 Å². The third kappa shape index (κ3) is 6.92. The molecule has 0 saturated carbocycles. The molecule has 0 aromatic heterocycles. The van der Waals surface area contributed by atoms with E-state index in [-0.39, 0.29) is 0 Å². The van der Waals surface area contributed by atoms with Crippen LogP contribution in [0.5, 0.6) is 11.5 Å². The fraction of sp³-hybridized carbons (Fsp3) is 0.0968. The molecule has 1 aliphatic rings. The van der Waals surface area contributed by atoms with Crippen LogP contribution in [0.15, 0.2) is 170 Å². The Kier molecular flexibility index (Phi) is 9.88. The summed E-state index contributed by atoms with van der Waals surface area (Å²) < 4.78 is 7.01. The van der Waals surface area contributed by atoms with Crippen LogP contribution in [0.4, 0.5) is 34.1 Å². The van der Waals surface area contributed by atoms with Crippen LogP contribution in [0.3, 0.4) is 0 Å². The van der Waals surface area contributed by atoms with E-state index in [2.05, 4.69) is 197 Å². The van der Waals surface area contributed by atoms with Gasteiger partial charge < -0.3 is 14.5 Å². The van der Waals surface area contributed by atoms with Crippen LogP contribution in [-0.2, 0) is 0 Å². The topological polar surface area (TPSA) is 63.3 Å². The standard InChI is InChI=1S/C62H46N4O/c1-37-17-23-50-52(45-18-20-48(21-19-45)65(46-13-9-7-10-14-46)61-39(3)28-43(35-63)29-40(61)4)33-55-54(53(50)25-37)34-57-51-24-22-49(32-58(51)67-59-27-38(2)26-56(55)60(57)59)66(47-15-11-8-12-16-47)62-41(5)30-44(36-64)31-42(62)6/h7-34H,1-6H3. The molecule has 0 bridgehead atoms. The summed E-state index contributed by atoms with van der Waals surface area (Å²) in [5.74, 6) is 1.65. The average Bonchev–Trinajstić information content (AvgIpc) is 3.33. The average molecular weight is 863 g/mol. The molecule has 11 rings (SSSR count). The predicted octanol–water partition coefficient (Wildman–Crippen LogP) is 17.1. The Labute approximate surface area is 391 Å². The number of anilines is 6. The highest BCUT2D eigenvalue weighted by Crippen LogP contribution is 2.53. The van der Waals surface area contributed by atoms with E-state index in [0.717, 1.165) is 101 Å². The molecule has 0 spiro atoms. The summed E-state index contributed by atoms with van der Waals surface area (Å²) >= 11 is 0. The fourth-order valence-corrected chi connectivity index (χ4v) is 10.5. The van der Waals surface area contributed by atoms with Gasteiger partial charge in [-0.1, -0.05) is 78.4 Å². The van der Waals surface area contributed by atoms with E-state index in [4.69, 9.17) is 4.74 Å². The van der Waals surface area contributed by atoms with Gasteiger partial charge >= 0.3 is 0 Å². The second-order valence-corrected chi connectivity index (χ2v) is 18.0. The SMILES string of the molecule is Cc1ccc2c(-c3ccc(N(c4ccccc4)c4c(C)cc(C#N)cc4C)cc3)cc3c4cc(C)cc5c4c(cc3c2c1)-c1ccc(N(c2ccccc2)c2c(C)cc(C#N)cc2C)cc1O5. The van der Waals surface area contributed by atoms with E-state index in [9.17, 15) is 10.5 Å². The first-order chi connectivity index (χ1) is 32.6. The quantitative estimate of drug-likeness (QED) is 0.149. The lowest BCUT2D eigenvalue weighted by molar-refractivity contribution is 0.487. The van der Waals surface area contributed by atoms with Crippen molar-refractivity contribution in [2.24, 2.45) is 0 Å². The van der Waals surface area contributed by atoms with E-state index >= 15 is 0 Å². The highest BCUT2D eigenvalue weighted by Gasteiger charge is 2.27. The molecule has 0 atom stereocenters. The van der Waals surface area contributed by atoms with Crippen LogP contribution in [0.2, 0.25) is 0 Å². The molecular weight excluding hydrogens is 817 g/mol. The van der Waals surface area contributed by atoms with Crippen molar-refractivity contribution in [3.63, 3.8) is 0 Å². The van der Waals surface area contributed by atoms with Crippen LogP contribution < -0.4 is 14.5 Å². The third-order valence-corrected chi connectivity index (χ3v) is 13.3. The van der Waals surface area contributed by atoms with Gasteiger partial charge in [0.2, 0.25) is 0 Å². The smallest absolute Gasteiger partial charge is 0.137 e. The number of nitriles is 2. The fourth-order valence-electron chi connectivity index (χ4n) is 10.5. The molecule has 0 aliphatic carbocycles. The summed E-state index contributed by atoms with van der Waals surface area (Å²) in [6.45, 7) is 12.6. The second kappa shape index (κ2) is 16.1. The van der Waals surface area contributed by atoms with Crippen LogP contribution in [-0.4, -0.2) is 0 Å². The maximum Gasteiger partial charge on any atom is 0.137 e. The van der Waals surface area contributed by atoms with Gasteiger partial charge in [-0.15, -0.1) is 0 Å². The number of para-hydroxylation sites is 2. The van der Waals surface area contributed by atoms with Crippen molar-refractivity contribution in [3.05, 3.63) is 214 Å². The van der Waals surface area contributed by atoms with Crippen LogP contribution >= 0.6 is 0 Å².